The Hall–Kier alpha value is -4.00. The van der Waals surface area contributed by atoms with E-state index in [1.807, 2.05) is 60.1 Å². The van der Waals surface area contributed by atoms with Crippen molar-refractivity contribution < 1.29 is 19.0 Å². The highest BCUT2D eigenvalue weighted by Crippen LogP contribution is 2.38. The van der Waals surface area contributed by atoms with Crippen LogP contribution < -0.4 is 19.5 Å². The second-order valence-electron chi connectivity index (χ2n) is 6.96. The molecule has 0 spiro atoms. The van der Waals surface area contributed by atoms with Gasteiger partial charge in [-0.05, 0) is 36.8 Å². The van der Waals surface area contributed by atoms with Crippen LogP contribution in [0.15, 0.2) is 60.9 Å². The Morgan fingerprint density at radius 2 is 1.68 bits per heavy atom. The zero-order valence-corrected chi connectivity index (χ0v) is 17.8. The van der Waals surface area contributed by atoms with Gasteiger partial charge in [0.15, 0.2) is 11.5 Å². The number of fused-ring (bicyclic) bond motifs is 1. The second kappa shape index (κ2) is 8.39. The Labute approximate surface area is 180 Å². The number of amides is 1. The molecule has 7 nitrogen and oxygen atoms in total. The number of aryl methyl sites for hydroxylation is 1. The van der Waals surface area contributed by atoms with Crippen LogP contribution in [0.3, 0.4) is 0 Å². The number of ether oxygens (including phenoxy) is 3. The molecule has 2 heterocycles. The lowest BCUT2D eigenvalue weighted by Crippen LogP contribution is -2.13. The van der Waals surface area contributed by atoms with Crippen LogP contribution in [-0.4, -0.2) is 36.6 Å². The number of anilines is 1. The lowest BCUT2D eigenvalue weighted by molar-refractivity contribution is 0.102. The smallest absolute Gasteiger partial charge is 0.255 e. The van der Waals surface area contributed by atoms with Gasteiger partial charge in [0, 0.05) is 23.5 Å². The van der Waals surface area contributed by atoms with E-state index in [4.69, 9.17) is 19.2 Å². The molecule has 0 atom stereocenters. The molecule has 31 heavy (non-hydrogen) atoms. The van der Waals surface area contributed by atoms with Crippen LogP contribution >= 0.6 is 0 Å². The number of aromatic nitrogens is 2. The van der Waals surface area contributed by atoms with Crippen molar-refractivity contribution in [2.24, 2.45) is 0 Å². The second-order valence-corrected chi connectivity index (χ2v) is 6.96. The van der Waals surface area contributed by atoms with Crippen LogP contribution in [0.25, 0.3) is 16.9 Å². The van der Waals surface area contributed by atoms with Gasteiger partial charge in [-0.25, -0.2) is 4.98 Å². The number of hydrogen-bond acceptors (Lipinski definition) is 5. The molecule has 7 heteroatoms. The molecule has 4 aromatic rings. The number of rotatable bonds is 6. The Morgan fingerprint density at radius 1 is 0.968 bits per heavy atom. The largest absolute Gasteiger partial charge is 0.493 e. The lowest BCUT2D eigenvalue weighted by Gasteiger charge is -2.15. The van der Waals surface area contributed by atoms with E-state index < -0.39 is 0 Å². The van der Waals surface area contributed by atoms with E-state index in [-0.39, 0.29) is 5.91 Å². The van der Waals surface area contributed by atoms with Crippen LogP contribution in [0.4, 0.5) is 5.69 Å². The van der Waals surface area contributed by atoms with Crippen molar-refractivity contribution in [1.29, 1.82) is 0 Å². The summed E-state index contributed by atoms with van der Waals surface area (Å²) in [6.45, 7) is 2.02. The predicted molar refractivity (Wildman–Crippen MR) is 119 cm³/mol. The molecule has 0 aliphatic carbocycles. The number of nitrogens with zero attached hydrogens (tertiary/aromatic N) is 2. The molecular formula is C24H23N3O4. The molecule has 1 N–H and O–H groups in total. The van der Waals surface area contributed by atoms with Crippen molar-refractivity contribution in [2.75, 3.05) is 26.6 Å². The van der Waals surface area contributed by atoms with E-state index in [1.165, 1.54) is 21.3 Å². The summed E-state index contributed by atoms with van der Waals surface area (Å²) in [7, 11) is 4.55. The van der Waals surface area contributed by atoms with E-state index in [9.17, 15) is 4.79 Å². The van der Waals surface area contributed by atoms with Gasteiger partial charge in [0.25, 0.3) is 5.91 Å². The summed E-state index contributed by atoms with van der Waals surface area (Å²) in [5.41, 5.74) is 4.59. The van der Waals surface area contributed by atoms with Crippen molar-refractivity contribution >= 4 is 17.2 Å². The van der Waals surface area contributed by atoms with Crippen molar-refractivity contribution in [3.63, 3.8) is 0 Å². The van der Waals surface area contributed by atoms with Gasteiger partial charge in [0.2, 0.25) is 5.75 Å². The number of carbonyl (C=O) groups is 1. The first kappa shape index (κ1) is 20.3. The van der Waals surface area contributed by atoms with Gasteiger partial charge in [-0.1, -0.05) is 24.3 Å². The Kier molecular flexibility index (Phi) is 5.49. The van der Waals surface area contributed by atoms with Crippen LogP contribution in [0.2, 0.25) is 0 Å². The summed E-state index contributed by atoms with van der Waals surface area (Å²) in [5.74, 6) is 0.959. The van der Waals surface area contributed by atoms with Gasteiger partial charge in [0.1, 0.15) is 5.65 Å². The number of para-hydroxylation sites is 1. The van der Waals surface area contributed by atoms with E-state index in [2.05, 4.69) is 5.32 Å². The highest BCUT2D eigenvalue weighted by Gasteiger charge is 2.18. The number of nitrogens with one attached hydrogen (secondary N) is 1. The molecule has 158 valence electrons. The highest BCUT2D eigenvalue weighted by atomic mass is 16.5. The Balaban J connectivity index is 1.71. The molecule has 0 unspecified atom stereocenters. The maximum Gasteiger partial charge on any atom is 0.255 e. The van der Waals surface area contributed by atoms with Crippen molar-refractivity contribution in [3.05, 3.63) is 72.1 Å². The summed E-state index contributed by atoms with van der Waals surface area (Å²) in [4.78, 5) is 17.8. The quantitative estimate of drug-likeness (QED) is 0.497. The summed E-state index contributed by atoms with van der Waals surface area (Å²) >= 11 is 0. The minimum absolute atomic E-state index is 0.299. The molecule has 0 saturated heterocycles. The van der Waals surface area contributed by atoms with E-state index in [0.29, 0.717) is 28.5 Å². The Bertz CT molecular complexity index is 1240. The van der Waals surface area contributed by atoms with Crippen LogP contribution in [0.1, 0.15) is 15.9 Å². The molecular weight excluding hydrogens is 394 g/mol. The molecule has 2 aromatic heterocycles. The molecule has 0 aliphatic heterocycles. The third-order valence-electron chi connectivity index (χ3n) is 5.06. The summed E-state index contributed by atoms with van der Waals surface area (Å²) in [5, 5.41) is 2.98. The van der Waals surface area contributed by atoms with Crippen molar-refractivity contribution in [2.45, 2.75) is 6.92 Å². The molecule has 0 bridgehead atoms. The number of carbonyl (C=O) groups excluding carboxylic acids is 1. The number of imidazole rings is 1. The third kappa shape index (κ3) is 3.77. The highest BCUT2D eigenvalue weighted by molar-refractivity contribution is 6.07. The maximum atomic E-state index is 13.1. The summed E-state index contributed by atoms with van der Waals surface area (Å²) in [6.07, 6.45) is 3.91. The fourth-order valence-electron chi connectivity index (χ4n) is 3.51. The van der Waals surface area contributed by atoms with Gasteiger partial charge in [-0.3, -0.25) is 4.79 Å². The topological polar surface area (TPSA) is 74.1 Å². The number of hydrogen-bond donors (Lipinski definition) is 1. The van der Waals surface area contributed by atoms with Crippen LogP contribution in [-0.2, 0) is 0 Å². The van der Waals surface area contributed by atoms with Crippen molar-refractivity contribution in [1.82, 2.24) is 9.38 Å². The first-order valence-corrected chi connectivity index (χ1v) is 9.70. The fraction of sp³-hybridized carbons (Fsp3) is 0.167. The van der Waals surface area contributed by atoms with Crippen molar-refractivity contribution in [3.8, 4) is 28.5 Å². The van der Waals surface area contributed by atoms with E-state index in [0.717, 1.165) is 22.5 Å². The molecule has 4 rings (SSSR count). The SMILES string of the molecule is COc1cc(C(=O)Nc2ccccc2-c2cn3cccc(C)c3n2)cc(OC)c1OC. The minimum atomic E-state index is -0.299. The van der Waals surface area contributed by atoms with Gasteiger partial charge >= 0.3 is 0 Å². The molecule has 1 amide bonds. The summed E-state index contributed by atoms with van der Waals surface area (Å²) < 4.78 is 18.0. The standard InChI is InChI=1S/C24H23N3O4/c1-15-8-7-11-27-14-19(25-23(15)27)17-9-5-6-10-18(17)26-24(28)16-12-20(29-2)22(31-4)21(13-16)30-3/h5-14H,1-4H3,(H,26,28). The van der Waals surface area contributed by atoms with Crippen LogP contribution in [0, 0.1) is 6.92 Å². The minimum Gasteiger partial charge on any atom is -0.493 e. The molecule has 0 aliphatic rings. The number of pyridine rings is 1. The average Bonchev–Trinajstić information content (AvgIpc) is 3.24. The van der Waals surface area contributed by atoms with Gasteiger partial charge in [-0.2, -0.15) is 0 Å². The van der Waals surface area contributed by atoms with Crippen LogP contribution in [0.5, 0.6) is 17.2 Å². The Morgan fingerprint density at radius 3 is 2.32 bits per heavy atom. The van der Waals surface area contributed by atoms with E-state index >= 15 is 0 Å². The van der Waals surface area contributed by atoms with Gasteiger partial charge in [-0.15, -0.1) is 0 Å². The fourth-order valence-corrected chi connectivity index (χ4v) is 3.51. The lowest BCUT2D eigenvalue weighted by atomic mass is 10.1. The zero-order valence-electron chi connectivity index (χ0n) is 17.8. The molecule has 0 fully saturated rings. The molecule has 0 radical (unpaired) electrons. The monoisotopic (exact) mass is 417 g/mol. The molecule has 2 aromatic carbocycles. The summed E-state index contributed by atoms with van der Waals surface area (Å²) in [6, 6.07) is 14.8. The maximum absolute atomic E-state index is 13.1. The molecule has 0 saturated carbocycles. The zero-order chi connectivity index (χ0) is 22.0. The third-order valence-corrected chi connectivity index (χ3v) is 5.06. The van der Waals surface area contributed by atoms with E-state index in [1.54, 1.807) is 12.1 Å². The number of benzene rings is 2. The van der Waals surface area contributed by atoms with Gasteiger partial charge < -0.3 is 23.9 Å². The average molecular weight is 417 g/mol. The predicted octanol–water partition coefficient (Wildman–Crippen LogP) is 4.59. The van der Waals surface area contributed by atoms with Gasteiger partial charge in [0.05, 0.1) is 32.7 Å². The first-order valence-electron chi connectivity index (χ1n) is 9.70. The first-order chi connectivity index (χ1) is 15.0. The normalized spacial score (nSPS) is 10.7. The number of methoxy groups -OCH3 is 3.